The van der Waals surface area contributed by atoms with E-state index in [1.54, 1.807) is 0 Å². The van der Waals surface area contributed by atoms with Crippen LogP contribution in [0.15, 0.2) is 30.3 Å². The molecule has 5 heteroatoms. The highest BCUT2D eigenvalue weighted by Crippen LogP contribution is 2.13. The van der Waals surface area contributed by atoms with Crippen molar-refractivity contribution in [3.8, 4) is 0 Å². The van der Waals surface area contributed by atoms with Crippen molar-refractivity contribution in [1.29, 1.82) is 0 Å². The van der Waals surface area contributed by atoms with Gasteiger partial charge in [0.2, 0.25) is 0 Å². The lowest BCUT2D eigenvalue weighted by Gasteiger charge is -2.12. The van der Waals surface area contributed by atoms with Crippen molar-refractivity contribution < 1.29 is 13.0 Å². The number of hydrogen-bond acceptors (Lipinski definition) is 2. The molecule has 3 nitrogen and oxygen atoms in total. The molecule has 0 heterocycles. The minimum Gasteiger partial charge on any atom is -0.285 e. The van der Waals surface area contributed by atoms with Crippen LogP contribution >= 0.6 is 15.9 Å². The van der Waals surface area contributed by atoms with Crippen LogP contribution in [0.2, 0.25) is 0 Å². The summed E-state index contributed by atoms with van der Waals surface area (Å²) in [6, 6.07) is 9.28. The van der Waals surface area contributed by atoms with E-state index in [9.17, 15) is 8.42 Å². The Kier molecular flexibility index (Phi) is 4.76. The normalized spacial score (nSPS) is 13.7. The van der Waals surface area contributed by atoms with Gasteiger partial charge < -0.3 is 0 Å². The van der Waals surface area contributed by atoms with Gasteiger partial charge in [-0.25, -0.2) is 0 Å². The van der Waals surface area contributed by atoms with Crippen LogP contribution in [0.1, 0.15) is 12.0 Å². The van der Waals surface area contributed by atoms with Crippen LogP contribution < -0.4 is 0 Å². The molecule has 0 spiro atoms. The molecule has 0 saturated carbocycles. The molecule has 1 atom stereocenters. The minimum atomic E-state index is -3.96. The van der Waals surface area contributed by atoms with Gasteiger partial charge in [0.05, 0.1) is 5.25 Å². The smallest absolute Gasteiger partial charge is 0.268 e. The van der Waals surface area contributed by atoms with Crippen molar-refractivity contribution in [2.24, 2.45) is 0 Å². The predicted molar refractivity (Wildman–Crippen MR) is 63.9 cm³/mol. The van der Waals surface area contributed by atoms with Gasteiger partial charge >= 0.3 is 0 Å². The maximum atomic E-state index is 11.1. The van der Waals surface area contributed by atoms with E-state index in [4.69, 9.17) is 4.55 Å². The zero-order chi connectivity index (χ0) is 11.3. The van der Waals surface area contributed by atoms with Crippen LogP contribution in [0.4, 0.5) is 0 Å². The lowest BCUT2D eigenvalue weighted by atomic mass is 10.1. The first kappa shape index (κ1) is 12.7. The van der Waals surface area contributed by atoms with Crippen molar-refractivity contribution in [3.63, 3.8) is 0 Å². The summed E-state index contributed by atoms with van der Waals surface area (Å²) in [4.78, 5) is 0. The molecule has 0 radical (unpaired) electrons. The summed E-state index contributed by atoms with van der Waals surface area (Å²) >= 11 is 3.18. The van der Waals surface area contributed by atoms with Crippen LogP contribution in [0, 0.1) is 0 Å². The fraction of sp³-hybridized carbons (Fsp3) is 0.400. The van der Waals surface area contributed by atoms with E-state index >= 15 is 0 Å². The Morgan fingerprint density at radius 3 is 2.33 bits per heavy atom. The summed E-state index contributed by atoms with van der Waals surface area (Å²) < 4.78 is 31.1. The summed E-state index contributed by atoms with van der Waals surface area (Å²) in [5.74, 6) is 0. The molecule has 0 aliphatic carbocycles. The van der Waals surface area contributed by atoms with Gasteiger partial charge in [-0.05, 0) is 18.4 Å². The molecule has 0 aliphatic heterocycles. The molecule has 0 bridgehead atoms. The van der Waals surface area contributed by atoms with E-state index in [0.717, 1.165) is 5.56 Å². The molecule has 0 fully saturated rings. The average molecular weight is 293 g/mol. The molecule has 15 heavy (non-hydrogen) atoms. The minimum absolute atomic E-state index is 0.352. The third-order valence-corrected chi connectivity index (χ3v) is 3.86. The molecule has 1 aromatic carbocycles. The van der Waals surface area contributed by atoms with Gasteiger partial charge in [-0.2, -0.15) is 8.42 Å². The van der Waals surface area contributed by atoms with Crippen molar-refractivity contribution in [2.45, 2.75) is 18.1 Å². The molecule has 1 unspecified atom stereocenters. The van der Waals surface area contributed by atoms with Gasteiger partial charge in [-0.1, -0.05) is 46.3 Å². The van der Waals surface area contributed by atoms with E-state index in [0.29, 0.717) is 18.2 Å². The van der Waals surface area contributed by atoms with E-state index in [1.807, 2.05) is 30.3 Å². The lowest BCUT2D eigenvalue weighted by Crippen LogP contribution is -2.23. The predicted octanol–water partition coefficient (Wildman–Crippen LogP) is 2.27. The molecule has 0 aliphatic rings. The Bertz CT molecular complexity index is 388. The zero-order valence-electron chi connectivity index (χ0n) is 8.14. The Labute approximate surface area is 98.4 Å². The molecule has 1 rings (SSSR count). The summed E-state index contributed by atoms with van der Waals surface area (Å²) in [7, 11) is -3.96. The standard InChI is InChI=1S/C10H13BrO3S/c11-7-6-10(15(12,13)14)8-9-4-2-1-3-5-9/h1-5,10H,6-8H2,(H,12,13,14). The van der Waals surface area contributed by atoms with Gasteiger partial charge in [0.25, 0.3) is 10.1 Å². The molecule has 0 amide bonds. The summed E-state index contributed by atoms with van der Waals surface area (Å²) in [6.07, 6.45) is 0.763. The number of benzene rings is 1. The maximum Gasteiger partial charge on any atom is 0.268 e. The summed E-state index contributed by atoms with van der Waals surface area (Å²) in [5, 5.41) is -0.163. The quantitative estimate of drug-likeness (QED) is 0.669. The molecular formula is C10H13BrO3S. The Balaban J connectivity index is 2.76. The first-order valence-electron chi connectivity index (χ1n) is 4.60. The summed E-state index contributed by atoms with van der Waals surface area (Å²) in [6.45, 7) is 0. The third kappa shape index (κ3) is 4.32. The third-order valence-electron chi connectivity index (χ3n) is 2.16. The zero-order valence-corrected chi connectivity index (χ0v) is 10.5. The number of hydrogen-bond donors (Lipinski definition) is 1. The second-order valence-electron chi connectivity index (χ2n) is 3.30. The topological polar surface area (TPSA) is 54.4 Å². The van der Waals surface area contributed by atoms with Crippen LogP contribution in [0.5, 0.6) is 0 Å². The van der Waals surface area contributed by atoms with Gasteiger partial charge in [0, 0.05) is 5.33 Å². The highest BCUT2D eigenvalue weighted by atomic mass is 79.9. The van der Waals surface area contributed by atoms with Gasteiger partial charge in [0.1, 0.15) is 0 Å². The largest absolute Gasteiger partial charge is 0.285 e. The first-order chi connectivity index (χ1) is 7.04. The van der Waals surface area contributed by atoms with E-state index in [-0.39, 0.29) is 0 Å². The SMILES string of the molecule is O=S(=O)(O)C(CCBr)Cc1ccccc1. The van der Waals surface area contributed by atoms with E-state index in [2.05, 4.69) is 15.9 Å². The van der Waals surface area contributed by atoms with Crippen molar-refractivity contribution >= 4 is 26.0 Å². The second-order valence-corrected chi connectivity index (χ2v) is 5.79. The van der Waals surface area contributed by atoms with Gasteiger partial charge in [-0.15, -0.1) is 0 Å². The van der Waals surface area contributed by atoms with E-state index < -0.39 is 15.4 Å². The average Bonchev–Trinajstić information content (AvgIpc) is 2.17. The van der Waals surface area contributed by atoms with Gasteiger partial charge in [0.15, 0.2) is 0 Å². The van der Waals surface area contributed by atoms with Crippen LogP contribution in [-0.2, 0) is 16.5 Å². The van der Waals surface area contributed by atoms with Crippen molar-refractivity contribution in [2.75, 3.05) is 5.33 Å². The first-order valence-corrected chi connectivity index (χ1v) is 7.22. The fourth-order valence-corrected chi connectivity index (χ4v) is 3.03. The van der Waals surface area contributed by atoms with Gasteiger partial charge in [-0.3, -0.25) is 4.55 Å². The molecule has 0 saturated heterocycles. The molecule has 0 aromatic heterocycles. The number of alkyl halides is 1. The molecular weight excluding hydrogens is 280 g/mol. The molecule has 1 N–H and O–H groups in total. The van der Waals surface area contributed by atoms with Crippen molar-refractivity contribution in [1.82, 2.24) is 0 Å². The monoisotopic (exact) mass is 292 g/mol. The second kappa shape index (κ2) is 5.63. The fourth-order valence-electron chi connectivity index (χ4n) is 1.35. The Hall–Kier alpha value is -0.390. The number of rotatable bonds is 5. The summed E-state index contributed by atoms with van der Waals surface area (Å²) in [5.41, 5.74) is 0.918. The maximum absolute atomic E-state index is 11.1. The highest BCUT2D eigenvalue weighted by Gasteiger charge is 2.22. The van der Waals surface area contributed by atoms with Crippen LogP contribution in [-0.4, -0.2) is 23.6 Å². The molecule has 84 valence electrons. The Morgan fingerprint density at radius 2 is 1.87 bits per heavy atom. The van der Waals surface area contributed by atoms with Crippen molar-refractivity contribution in [3.05, 3.63) is 35.9 Å². The molecule has 1 aromatic rings. The Morgan fingerprint density at radius 1 is 1.27 bits per heavy atom. The van der Waals surface area contributed by atoms with Crippen LogP contribution in [0.25, 0.3) is 0 Å². The number of halogens is 1. The van der Waals surface area contributed by atoms with Crippen LogP contribution in [0.3, 0.4) is 0 Å². The lowest BCUT2D eigenvalue weighted by molar-refractivity contribution is 0.464. The van der Waals surface area contributed by atoms with E-state index in [1.165, 1.54) is 0 Å². The highest BCUT2D eigenvalue weighted by molar-refractivity contribution is 9.09.